The van der Waals surface area contributed by atoms with Crippen molar-refractivity contribution in [1.29, 1.82) is 0 Å². The fourth-order valence-corrected chi connectivity index (χ4v) is 3.77. The number of rotatable bonds is 5. The van der Waals surface area contributed by atoms with Crippen molar-refractivity contribution in [3.63, 3.8) is 0 Å². The second-order valence-electron chi connectivity index (χ2n) is 7.43. The van der Waals surface area contributed by atoms with Crippen molar-refractivity contribution in [2.24, 2.45) is 11.7 Å². The quantitative estimate of drug-likeness (QED) is 0.854. The Bertz CT molecular complexity index is 807. The van der Waals surface area contributed by atoms with Gasteiger partial charge in [0.15, 0.2) is 0 Å². The van der Waals surface area contributed by atoms with Crippen LogP contribution in [0.2, 0.25) is 0 Å². The van der Waals surface area contributed by atoms with E-state index in [1.54, 1.807) is 0 Å². The van der Waals surface area contributed by atoms with Crippen molar-refractivity contribution >= 4 is 5.91 Å². The van der Waals surface area contributed by atoms with Gasteiger partial charge in [0, 0.05) is 49.9 Å². The molecule has 1 fully saturated rings. The molecule has 28 heavy (non-hydrogen) atoms. The Morgan fingerprint density at radius 3 is 2.25 bits per heavy atom. The Hall–Kier alpha value is -2.31. The summed E-state index contributed by atoms with van der Waals surface area (Å²) in [6.07, 6.45) is 0. The predicted octanol–water partition coefficient (Wildman–Crippen LogP) is 3.51. The number of nitrogens with zero attached hydrogens (tertiary/aromatic N) is 2. The number of carbonyl (C=O) groups is 1. The van der Waals surface area contributed by atoms with Crippen molar-refractivity contribution in [2.45, 2.75) is 25.9 Å². The Balaban J connectivity index is 1.59. The number of hydrogen-bond acceptors (Lipinski definition) is 3. The first kappa shape index (κ1) is 20.4. The molecule has 1 saturated heterocycles. The molecule has 2 aromatic rings. The van der Waals surface area contributed by atoms with Gasteiger partial charge >= 0.3 is 0 Å². The standard InChI is InChI=1S/C22H27F2N3O/c1-15(21(25)17-6-4-3-5-7-17)22(28)27-12-10-26(11-13-27)16(2)19-9-8-18(23)14-20(19)24/h3-9,14-16,21H,10-13,25H2,1-2H3. The van der Waals surface area contributed by atoms with Crippen molar-refractivity contribution in [2.75, 3.05) is 26.2 Å². The van der Waals surface area contributed by atoms with E-state index in [9.17, 15) is 13.6 Å². The number of amides is 1. The Kier molecular flexibility index (Phi) is 6.42. The van der Waals surface area contributed by atoms with E-state index in [4.69, 9.17) is 5.73 Å². The van der Waals surface area contributed by atoms with Gasteiger partial charge in [0.25, 0.3) is 0 Å². The fraction of sp³-hybridized carbons (Fsp3) is 0.409. The molecule has 3 rings (SSSR count). The lowest BCUT2D eigenvalue weighted by Crippen LogP contribution is -2.51. The number of benzene rings is 2. The minimum absolute atomic E-state index is 0.0385. The summed E-state index contributed by atoms with van der Waals surface area (Å²) >= 11 is 0. The average Bonchev–Trinajstić information content (AvgIpc) is 2.72. The Labute approximate surface area is 164 Å². The first-order valence-electron chi connectivity index (χ1n) is 9.66. The lowest BCUT2D eigenvalue weighted by molar-refractivity contribution is -0.137. The lowest BCUT2D eigenvalue weighted by Gasteiger charge is -2.39. The van der Waals surface area contributed by atoms with Crippen LogP contribution in [-0.4, -0.2) is 41.9 Å². The van der Waals surface area contributed by atoms with Gasteiger partial charge in [-0.25, -0.2) is 8.78 Å². The van der Waals surface area contributed by atoms with Crippen LogP contribution in [0.5, 0.6) is 0 Å². The van der Waals surface area contributed by atoms with Gasteiger partial charge in [-0.15, -0.1) is 0 Å². The SMILES string of the molecule is CC(C(=O)N1CCN(C(C)c2ccc(F)cc2F)CC1)C(N)c1ccccc1. The van der Waals surface area contributed by atoms with Crippen molar-refractivity contribution in [3.8, 4) is 0 Å². The van der Waals surface area contributed by atoms with E-state index in [2.05, 4.69) is 4.90 Å². The molecule has 0 spiro atoms. The minimum Gasteiger partial charge on any atom is -0.340 e. The monoisotopic (exact) mass is 387 g/mol. The highest BCUT2D eigenvalue weighted by atomic mass is 19.1. The minimum atomic E-state index is -0.576. The van der Waals surface area contributed by atoms with E-state index in [1.165, 1.54) is 12.1 Å². The number of piperazine rings is 1. The zero-order valence-corrected chi connectivity index (χ0v) is 16.3. The third kappa shape index (κ3) is 4.39. The van der Waals surface area contributed by atoms with Crippen LogP contribution in [0.4, 0.5) is 8.78 Å². The van der Waals surface area contributed by atoms with Gasteiger partial charge in [0.2, 0.25) is 5.91 Å². The maximum Gasteiger partial charge on any atom is 0.227 e. The number of carbonyl (C=O) groups excluding carboxylic acids is 1. The van der Waals surface area contributed by atoms with Crippen LogP contribution in [0, 0.1) is 17.6 Å². The van der Waals surface area contributed by atoms with Gasteiger partial charge in [0.1, 0.15) is 11.6 Å². The molecule has 0 aliphatic carbocycles. The fourth-order valence-electron chi connectivity index (χ4n) is 3.77. The summed E-state index contributed by atoms with van der Waals surface area (Å²) in [5.41, 5.74) is 7.72. The number of hydrogen-bond donors (Lipinski definition) is 1. The molecule has 4 nitrogen and oxygen atoms in total. The van der Waals surface area contributed by atoms with Gasteiger partial charge in [0.05, 0.1) is 5.92 Å². The molecule has 1 amide bonds. The van der Waals surface area contributed by atoms with Crippen molar-refractivity contribution < 1.29 is 13.6 Å². The summed E-state index contributed by atoms with van der Waals surface area (Å²) in [6.45, 7) is 6.17. The molecule has 0 radical (unpaired) electrons. The molecule has 0 saturated carbocycles. The molecule has 1 aliphatic rings. The topological polar surface area (TPSA) is 49.6 Å². The van der Waals surface area contributed by atoms with Crippen LogP contribution in [0.15, 0.2) is 48.5 Å². The van der Waals surface area contributed by atoms with Crippen LogP contribution in [0.25, 0.3) is 0 Å². The maximum absolute atomic E-state index is 14.1. The summed E-state index contributed by atoms with van der Waals surface area (Å²) in [6, 6.07) is 12.8. The second-order valence-corrected chi connectivity index (χ2v) is 7.43. The van der Waals surface area contributed by atoms with E-state index < -0.39 is 11.6 Å². The summed E-state index contributed by atoms with van der Waals surface area (Å²) in [5.74, 6) is -1.39. The molecule has 150 valence electrons. The van der Waals surface area contributed by atoms with Gasteiger partial charge in [-0.2, -0.15) is 0 Å². The van der Waals surface area contributed by atoms with E-state index >= 15 is 0 Å². The molecule has 1 heterocycles. The summed E-state index contributed by atoms with van der Waals surface area (Å²) in [4.78, 5) is 16.8. The molecule has 3 unspecified atom stereocenters. The van der Waals surface area contributed by atoms with E-state index in [-0.39, 0.29) is 23.9 Å². The molecule has 0 bridgehead atoms. The molecule has 0 aromatic heterocycles. The van der Waals surface area contributed by atoms with Gasteiger partial charge < -0.3 is 10.6 Å². The van der Waals surface area contributed by atoms with Gasteiger partial charge in [-0.1, -0.05) is 43.3 Å². The van der Waals surface area contributed by atoms with Gasteiger partial charge in [-0.05, 0) is 18.6 Å². The lowest BCUT2D eigenvalue weighted by atomic mass is 9.94. The maximum atomic E-state index is 14.1. The normalized spacial score (nSPS) is 18.5. The van der Waals surface area contributed by atoms with Crippen LogP contribution in [0.3, 0.4) is 0 Å². The predicted molar refractivity (Wildman–Crippen MR) is 105 cm³/mol. The molecular formula is C22H27F2N3O. The molecule has 6 heteroatoms. The third-order valence-corrected chi connectivity index (χ3v) is 5.70. The first-order valence-corrected chi connectivity index (χ1v) is 9.66. The third-order valence-electron chi connectivity index (χ3n) is 5.70. The van der Waals surface area contributed by atoms with E-state index in [0.29, 0.717) is 31.7 Å². The van der Waals surface area contributed by atoms with Crippen molar-refractivity contribution in [3.05, 3.63) is 71.3 Å². The molecule has 2 N–H and O–H groups in total. The highest BCUT2D eigenvalue weighted by Gasteiger charge is 2.30. The summed E-state index contributed by atoms with van der Waals surface area (Å²) in [7, 11) is 0. The van der Waals surface area contributed by atoms with Crippen molar-refractivity contribution in [1.82, 2.24) is 9.80 Å². The van der Waals surface area contributed by atoms with Crippen LogP contribution >= 0.6 is 0 Å². The highest BCUT2D eigenvalue weighted by molar-refractivity contribution is 5.79. The summed E-state index contributed by atoms with van der Waals surface area (Å²) < 4.78 is 27.2. The zero-order valence-electron chi connectivity index (χ0n) is 16.3. The first-order chi connectivity index (χ1) is 13.4. The zero-order chi connectivity index (χ0) is 20.3. The molecular weight excluding hydrogens is 360 g/mol. The van der Waals surface area contributed by atoms with Crippen LogP contribution in [-0.2, 0) is 4.79 Å². The largest absolute Gasteiger partial charge is 0.340 e. The van der Waals surface area contributed by atoms with Crippen LogP contribution in [0.1, 0.15) is 37.1 Å². The van der Waals surface area contributed by atoms with E-state index in [1.807, 2.05) is 49.1 Å². The Morgan fingerprint density at radius 2 is 1.64 bits per heavy atom. The number of halogens is 2. The smallest absolute Gasteiger partial charge is 0.227 e. The van der Waals surface area contributed by atoms with Crippen LogP contribution < -0.4 is 5.73 Å². The molecule has 2 aromatic carbocycles. The molecule has 1 aliphatic heterocycles. The summed E-state index contributed by atoms with van der Waals surface area (Å²) in [5, 5.41) is 0. The average molecular weight is 387 g/mol. The Morgan fingerprint density at radius 1 is 1.00 bits per heavy atom. The van der Waals surface area contributed by atoms with Gasteiger partial charge in [-0.3, -0.25) is 9.69 Å². The number of nitrogens with two attached hydrogens (primary N) is 1. The second kappa shape index (κ2) is 8.80. The highest BCUT2D eigenvalue weighted by Crippen LogP contribution is 2.26. The van der Waals surface area contributed by atoms with E-state index in [0.717, 1.165) is 11.6 Å². The molecule has 3 atom stereocenters.